The van der Waals surface area contributed by atoms with E-state index in [4.69, 9.17) is 9.84 Å². The average molecular weight is 237 g/mol. The topological polar surface area (TPSA) is 58.6 Å². The van der Waals surface area contributed by atoms with E-state index in [0.717, 1.165) is 17.7 Å². The van der Waals surface area contributed by atoms with Crippen LogP contribution >= 0.6 is 0 Å². The summed E-state index contributed by atoms with van der Waals surface area (Å²) in [5, 5.41) is 11.6. The number of carboxylic acid groups (broad SMARTS) is 1. The van der Waals surface area contributed by atoms with Crippen molar-refractivity contribution < 1.29 is 14.6 Å². The molecule has 0 radical (unpaired) electrons. The number of aliphatic carboxylic acids is 1. The van der Waals surface area contributed by atoms with Crippen molar-refractivity contribution in [1.29, 1.82) is 0 Å². The molecule has 0 fully saturated rings. The second kappa shape index (κ2) is 5.68. The van der Waals surface area contributed by atoms with E-state index >= 15 is 0 Å². The summed E-state index contributed by atoms with van der Waals surface area (Å²) < 4.78 is 5.15. The first-order valence-electron chi connectivity index (χ1n) is 5.53. The van der Waals surface area contributed by atoms with E-state index in [1.54, 1.807) is 7.11 Å². The molecular weight excluding hydrogens is 218 g/mol. The number of carbonyl (C=O) groups is 1. The van der Waals surface area contributed by atoms with Crippen molar-refractivity contribution in [2.24, 2.45) is 0 Å². The van der Waals surface area contributed by atoms with Gasteiger partial charge in [-0.2, -0.15) is 0 Å². The van der Waals surface area contributed by atoms with Crippen LogP contribution in [-0.2, 0) is 11.2 Å². The van der Waals surface area contributed by atoms with Crippen LogP contribution in [0.4, 0.5) is 0 Å². The zero-order valence-electron chi connectivity index (χ0n) is 10.5. The number of rotatable bonds is 6. The smallest absolute Gasteiger partial charge is 0.317 e. The summed E-state index contributed by atoms with van der Waals surface area (Å²) in [4.78, 5) is 10.5. The number of nitrogens with one attached hydrogen (secondary N) is 1. The van der Waals surface area contributed by atoms with Gasteiger partial charge < -0.3 is 15.2 Å². The summed E-state index contributed by atoms with van der Waals surface area (Å²) in [6.45, 7) is 3.93. The van der Waals surface area contributed by atoms with Crippen molar-refractivity contribution in [2.45, 2.75) is 25.8 Å². The molecule has 0 aliphatic carbocycles. The summed E-state index contributed by atoms with van der Waals surface area (Å²) in [5.74, 6) is -0.0275. The predicted molar refractivity (Wildman–Crippen MR) is 66.4 cm³/mol. The molecule has 0 aliphatic heterocycles. The SMILES string of the molecule is COc1cccc(CC(C)(C)NCC(=O)O)c1. The van der Waals surface area contributed by atoms with Crippen LogP contribution in [-0.4, -0.2) is 30.3 Å². The zero-order valence-corrected chi connectivity index (χ0v) is 10.5. The summed E-state index contributed by atoms with van der Waals surface area (Å²) in [7, 11) is 1.63. The van der Waals surface area contributed by atoms with Gasteiger partial charge in [-0.15, -0.1) is 0 Å². The maximum Gasteiger partial charge on any atom is 0.317 e. The highest BCUT2D eigenvalue weighted by molar-refractivity contribution is 5.69. The standard InChI is InChI=1S/C13H19NO3/c1-13(2,14-9-12(15)16)8-10-5-4-6-11(7-10)17-3/h4-7,14H,8-9H2,1-3H3,(H,15,16). The van der Waals surface area contributed by atoms with Crippen LogP contribution in [0.5, 0.6) is 5.75 Å². The Morgan fingerprint density at radius 1 is 1.47 bits per heavy atom. The molecule has 0 saturated carbocycles. The van der Waals surface area contributed by atoms with Gasteiger partial charge in [-0.25, -0.2) is 0 Å². The molecule has 0 heterocycles. The number of carboxylic acids is 1. The molecule has 4 heteroatoms. The zero-order chi connectivity index (χ0) is 12.9. The molecular formula is C13H19NO3. The fourth-order valence-electron chi connectivity index (χ4n) is 1.67. The largest absolute Gasteiger partial charge is 0.497 e. The Hall–Kier alpha value is -1.55. The van der Waals surface area contributed by atoms with Gasteiger partial charge in [0.25, 0.3) is 0 Å². The minimum Gasteiger partial charge on any atom is -0.497 e. The minimum absolute atomic E-state index is 0.0308. The average Bonchev–Trinajstić information content (AvgIpc) is 2.26. The van der Waals surface area contributed by atoms with Gasteiger partial charge in [0.15, 0.2) is 0 Å². The van der Waals surface area contributed by atoms with Crippen molar-refractivity contribution in [2.75, 3.05) is 13.7 Å². The number of benzene rings is 1. The number of hydrogen-bond acceptors (Lipinski definition) is 3. The second-order valence-electron chi connectivity index (χ2n) is 4.66. The van der Waals surface area contributed by atoms with Gasteiger partial charge in [-0.3, -0.25) is 4.79 Å². The highest BCUT2D eigenvalue weighted by Crippen LogP contribution is 2.17. The molecule has 4 nitrogen and oxygen atoms in total. The predicted octanol–water partition coefficient (Wildman–Crippen LogP) is 1.69. The lowest BCUT2D eigenvalue weighted by molar-refractivity contribution is -0.136. The van der Waals surface area contributed by atoms with Crippen molar-refractivity contribution >= 4 is 5.97 Å². The Morgan fingerprint density at radius 3 is 2.76 bits per heavy atom. The third-order valence-electron chi connectivity index (χ3n) is 2.50. The molecule has 1 aromatic rings. The van der Waals surface area contributed by atoms with Crippen LogP contribution < -0.4 is 10.1 Å². The second-order valence-corrected chi connectivity index (χ2v) is 4.66. The molecule has 0 atom stereocenters. The van der Waals surface area contributed by atoms with E-state index in [-0.39, 0.29) is 12.1 Å². The first-order valence-corrected chi connectivity index (χ1v) is 5.53. The van der Waals surface area contributed by atoms with Crippen LogP contribution in [0.1, 0.15) is 19.4 Å². The van der Waals surface area contributed by atoms with Crippen LogP contribution in [0.3, 0.4) is 0 Å². The van der Waals surface area contributed by atoms with Gasteiger partial charge >= 0.3 is 5.97 Å². The summed E-state index contributed by atoms with van der Waals surface area (Å²) in [6, 6.07) is 7.79. The normalized spacial score (nSPS) is 11.2. The molecule has 0 saturated heterocycles. The monoisotopic (exact) mass is 237 g/mol. The molecule has 1 rings (SSSR count). The molecule has 94 valence electrons. The van der Waals surface area contributed by atoms with Crippen molar-refractivity contribution in [1.82, 2.24) is 5.32 Å². The fourth-order valence-corrected chi connectivity index (χ4v) is 1.67. The first kappa shape index (κ1) is 13.5. The van der Waals surface area contributed by atoms with Gasteiger partial charge in [-0.1, -0.05) is 12.1 Å². The Labute approximate surface area is 102 Å². The molecule has 0 bridgehead atoms. The molecule has 17 heavy (non-hydrogen) atoms. The van der Waals surface area contributed by atoms with E-state index in [9.17, 15) is 4.79 Å². The van der Waals surface area contributed by atoms with Gasteiger partial charge in [0, 0.05) is 5.54 Å². The van der Waals surface area contributed by atoms with Crippen molar-refractivity contribution in [3.63, 3.8) is 0 Å². The third-order valence-corrected chi connectivity index (χ3v) is 2.50. The first-order chi connectivity index (χ1) is 7.93. The lowest BCUT2D eigenvalue weighted by Crippen LogP contribution is -2.43. The highest BCUT2D eigenvalue weighted by atomic mass is 16.5. The number of methoxy groups -OCH3 is 1. The third kappa shape index (κ3) is 4.87. The molecule has 0 spiro atoms. The molecule has 0 amide bonds. The Kier molecular flexibility index (Phi) is 4.52. The summed E-state index contributed by atoms with van der Waals surface area (Å²) in [5.41, 5.74) is 0.859. The quantitative estimate of drug-likeness (QED) is 0.790. The molecule has 0 aromatic heterocycles. The summed E-state index contributed by atoms with van der Waals surface area (Å²) in [6.07, 6.45) is 0.748. The molecule has 0 unspecified atom stereocenters. The van der Waals surface area contributed by atoms with Gasteiger partial charge in [0.1, 0.15) is 5.75 Å². The van der Waals surface area contributed by atoms with E-state index < -0.39 is 5.97 Å². The Morgan fingerprint density at radius 2 is 2.18 bits per heavy atom. The van der Waals surface area contributed by atoms with E-state index in [2.05, 4.69) is 5.32 Å². The van der Waals surface area contributed by atoms with Crippen LogP contribution in [0, 0.1) is 0 Å². The minimum atomic E-state index is -0.844. The van der Waals surface area contributed by atoms with Crippen LogP contribution in [0.25, 0.3) is 0 Å². The van der Waals surface area contributed by atoms with E-state index in [0.29, 0.717) is 0 Å². The maximum atomic E-state index is 10.5. The highest BCUT2D eigenvalue weighted by Gasteiger charge is 2.18. The molecule has 0 aliphatic rings. The lowest BCUT2D eigenvalue weighted by Gasteiger charge is -2.25. The summed E-state index contributed by atoms with van der Waals surface area (Å²) >= 11 is 0. The van der Waals surface area contributed by atoms with Crippen molar-refractivity contribution in [3.8, 4) is 5.75 Å². The van der Waals surface area contributed by atoms with E-state index in [1.807, 2.05) is 38.1 Å². The lowest BCUT2D eigenvalue weighted by atomic mass is 9.95. The number of hydrogen-bond donors (Lipinski definition) is 2. The van der Waals surface area contributed by atoms with Gasteiger partial charge in [0.05, 0.1) is 13.7 Å². The van der Waals surface area contributed by atoms with Crippen LogP contribution in [0.15, 0.2) is 24.3 Å². The van der Waals surface area contributed by atoms with Crippen LogP contribution in [0.2, 0.25) is 0 Å². The fraction of sp³-hybridized carbons (Fsp3) is 0.462. The van der Waals surface area contributed by atoms with Gasteiger partial charge in [-0.05, 0) is 38.0 Å². The van der Waals surface area contributed by atoms with Crippen molar-refractivity contribution in [3.05, 3.63) is 29.8 Å². The maximum absolute atomic E-state index is 10.5. The van der Waals surface area contributed by atoms with Gasteiger partial charge in [0.2, 0.25) is 0 Å². The Balaban J connectivity index is 2.64. The number of ether oxygens (including phenoxy) is 1. The Bertz CT molecular complexity index is 388. The van der Waals surface area contributed by atoms with E-state index in [1.165, 1.54) is 0 Å². The molecule has 1 aromatic carbocycles. The molecule has 2 N–H and O–H groups in total.